The van der Waals surface area contributed by atoms with Gasteiger partial charge in [-0.3, -0.25) is 4.79 Å². The fraction of sp³-hybridized carbons (Fsp3) is 0.385. The quantitative estimate of drug-likeness (QED) is 0.379. The van der Waals surface area contributed by atoms with Crippen LogP contribution in [0.25, 0.3) is 11.1 Å². The molecule has 2 rings (SSSR count). The highest BCUT2D eigenvalue weighted by molar-refractivity contribution is 7.99. The largest absolute Gasteiger partial charge is 0.465 e. The molecule has 0 bridgehead atoms. The number of hydrogen-bond donors (Lipinski definition) is 1. The zero-order chi connectivity index (χ0) is 13.7. The van der Waals surface area contributed by atoms with Gasteiger partial charge in [0.15, 0.2) is 5.58 Å². The van der Waals surface area contributed by atoms with Crippen molar-refractivity contribution in [2.45, 2.75) is 25.0 Å². The van der Waals surface area contributed by atoms with Gasteiger partial charge in [-0.1, -0.05) is 25.1 Å². The summed E-state index contributed by atoms with van der Waals surface area (Å²) < 4.78 is 10.5. The summed E-state index contributed by atoms with van der Waals surface area (Å²) in [6.07, 6.45) is 1.89. The van der Waals surface area contributed by atoms with Crippen LogP contribution >= 0.6 is 11.8 Å². The summed E-state index contributed by atoms with van der Waals surface area (Å²) >= 11 is 1.23. The fourth-order valence-corrected chi connectivity index (χ4v) is 2.11. The number of fused-ring (bicyclic) bond motifs is 1. The van der Waals surface area contributed by atoms with Crippen LogP contribution in [-0.4, -0.2) is 23.3 Å². The van der Waals surface area contributed by atoms with Gasteiger partial charge >= 0.3 is 5.97 Å². The molecule has 2 N–H and O–H groups in total. The number of carbonyl (C=O) groups is 1. The van der Waals surface area contributed by atoms with Crippen molar-refractivity contribution in [3.63, 3.8) is 0 Å². The van der Waals surface area contributed by atoms with E-state index >= 15 is 0 Å². The second kappa shape index (κ2) is 6.47. The van der Waals surface area contributed by atoms with E-state index in [1.54, 1.807) is 18.2 Å². The average Bonchev–Trinajstić information content (AvgIpc) is 2.78. The molecule has 1 heterocycles. The van der Waals surface area contributed by atoms with Crippen molar-refractivity contribution < 1.29 is 13.9 Å². The molecule has 1 aromatic heterocycles. The molecule has 0 atom stereocenters. The molecule has 0 aliphatic rings. The van der Waals surface area contributed by atoms with E-state index in [4.69, 9.17) is 14.9 Å². The molecule has 19 heavy (non-hydrogen) atoms. The number of rotatable bonds is 6. The van der Waals surface area contributed by atoms with Gasteiger partial charge in [0.1, 0.15) is 11.3 Å². The first kappa shape index (κ1) is 13.7. The second-order valence-electron chi connectivity index (χ2n) is 4.07. The number of nitrogens with two attached hydrogens (primary N) is 1. The first-order valence-electron chi connectivity index (χ1n) is 6.13. The topological polar surface area (TPSA) is 78.3 Å². The van der Waals surface area contributed by atoms with Crippen molar-refractivity contribution in [1.82, 2.24) is 4.98 Å². The summed E-state index contributed by atoms with van der Waals surface area (Å²) in [4.78, 5) is 15.7. The number of esters is 1. The number of unbranched alkanes of at least 4 members (excludes halogenated alkanes) is 1. The number of nitrogens with zero attached hydrogens (tertiary/aromatic N) is 1. The smallest absolute Gasteiger partial charge is 0.316 e. The predicted molar refractivity (Wildman–Crippen MR) is 75.0 cm³/mol. The third kappa shape index (κ3) is 3.89. The van der Waals surface area contributed by atoms with E-state index < -0.39 is 0 Å². The lowest BCUT2D eigenvalue weighted by molar-refractivity contribution is -0.140. The van der Waals surface area contributed by atoms with Crippen LogP contribution in [0.4, 0.5) is 5.69 Å². The lowest BCUT2D eigenvalue weighted by Gasteiger charge is -2.01. The number of ether oxygens (including phenoxy) is 1. The van der Waals surface area contributed by atoms with Crippen molar-refractivity contribution in [2.24, 2.45) is 0 Å². The molecule has 0 radical (unpaired) electrons. The van der Waals surface area contributed by atoms with Gasteiger partial charge in [0.05, 0.1) is 6.61 Å². The van der Waals surface area contributed by atoms with Crippen molar-refractivity contribution in [3.8, 4) is 0 Å². The molecule has 2 aromatic rings. The Balaban J connectivity index is 1.89. The molecule has 0 spiro atoms. The number of hydrogen-bond acceptors (Lipinski definition) is 6. The van der Waals surface area contributed by atoms with Crippen LogP contribution in [0.15, 0.2) is 27.8 Å². The molecular weight excluding hydrogens is 264 g/mol. The van der Waals surface area contributed by atoms with E-state index in [0.29, 0.717) is 23.1 Å². The maximum atomic E-state index is 11.4. The summed E-state index contributed by atoms with van der Waals surface area (Å²) in [6.45, 7) is 2.52. The van der Waals surface area contributed by atoms with E-state index in [0.717, 1.165) is 18.4 Å². The Morgan fingerprint density at radius 3 is 3.16 bits per heavy atom. The standard InChI is InChI=1S/C13H16N2O3S/c1-2-3-6-17-12(16)8-19-13-15-10-5-4-9(14)7-11(10)18-13/h4-5,7H,2-3,6,8,14H2,1H3. The van der Waals surface area contributed by atoms with Gasteiger partial charge in [0.25, 0.3) is 5.22 Å². The molecule has 0 fully saturated rings. The highest BCUT2D eigenvalue weighted by atomic mass is 32.2. The van der Waals surface area contributed by atoms with Crippen LogP contribution in [0.3, 0.4) is 0 Å². The van der Waals surface area contributed by atoms with Crippen LogP contribution in [0.5, 0.6) is 0 Å². The van der Waals surface area contributed by atoms with Gasteiger partial charge in [-0.2, -0.15) is 0 Å². The summed E-state index contributed by atoms with van der Waals surface area (Å²) in [5, 5.41) is 0.452. The lowest BCUT2D eigenvalue weighted by Crippen LogP contribution is -2.08. The number of nitrogen functional groups attached to an aromatic ring is 1. The third-order valence-corrected chi connectivity index (χ3v) is 3.27. The number of aromatic nitrogens is 1. The van der Waals surface area contributed by atoms with Crippen molar-refractivity contribution in [1.29, 1.82) is 0 Å². The Morgan fingerprint density at radius 1 is 1.53 bits per heavy atom. The molecule has 0 unspecified atom stereocenters. The third-order valence-electron chi connectivity index (χ3n) is 2.47. The molecule has 102 valence electrons. The minimum Gasteiger partial charge on any atom is -0.465 e. The number of anilines is 1. The van der Waals surface area contributed by atoms with Gasteiger partial charge < -0.3 is 14.9 Å². The number of carbonyl (C=O) groups excluding carboxylic acids is 1. The summed E-state index contributed by atoms with van der Waals surface area (Å²) in [7, 11) is 0. The van der Waals surface area contributed by atoms with Gasteiger partial charge in [0, 0.05) is 11.8 Å². The SMILES string of the molecule is CCCCOC(=O)CSc1nc2ccc(N)cc2o1. The van der Waals surface area contributed by atoms with Gasteiger partial charge in [-0.05, 0) is 18.6 Å². The first-order chi connectivity index (χ1) is 9.19. The Labute approximate surface area is 115 Å². The maximum absolute atomic E-state index is 11.4. The Bertz CT molecular complexity index is 568. The monoisotopic (exact) mass is 280 g/mol. The predicted octanol–water partition coefficient (Wildman–Crippen LogP) is 2.85. The minimum atomic E-state index is -0.250. The van der Waals surface area contributed by atoms with E-state index in [2.05, 4.69) is 4.98 Å². The molecule has 0 aliphatic carbocycles. The van der Waals surface area contributed by atoms with E-state index in [-0.39, 0.29) is 11.7 Å². The Kier molecular flexibility index (Phi) is 4.68. The molecule has 6 heteroatoms. The van der Waals surface area contributed by atoms with Crippen LogP contribution in [-0.2, 0) is 9.53 Å². The molecule has 0 saturated heterocycles. The van der Waals surface area contributed by atoms with E-state index in [1.807, 2.05) is 6.92 Å². The highest BCUT2D eigenvalue weighted by Gasteiger charge is 2.10. The minimum absolute atomic E-state index is 0.200. The van der Waals surface area contributed by atoms with E-state index in [9.17, 15) is 4.79 Å². The molecule has 5 nitrogen and oxygen atoms in total. The highest BCUT2D eigenvalue weighted by Crippen LogP contribution is 2.24. The fourth-order valence-electron chi connectivity index (χ4n) is 1.47. The van der Waals surface area contributed by atoms with Gasteiger partial charge in [-0.15, -0.1) is 0 Å². The second-order valence-corrected chi connectivity index (χ2v) is 5.00. The van der Waals surface area contributed by atoms with Crippen LogP contribution in [0.2, 0.25) is 0 Å². The normalized spacial score (nSPS) is 10.8. The van der Waals surface area contributed by atoms with Gasteiger partial charge in [-0.25, -0.2) is 4.98 Å². The zero-order valence-corrected chi connectivity index (χ0v) is 11.5. The summed E-state index contributed by atoms with van der Waals surface area (Å²) in [5.74, 6) is -0.0494. The average molecular weight is 280 g/mol. The molecule has 0 aliphatic heterocycles. The summed E-state index contributed by atoms with van der Waals surface area (Å²) in [6, 6.07) is 5.27. The number of thioether (sulfide) groups is 1. The molecular formula is C13H16N2O3S. The maximum Gasteiger partial charge on any atom is 0.316 e. The van der Waals surface area contributed by atoms with Crippen molar-refractivity contribution in [2.75, 3.05) is 18.1 Å². The molecule has 0 amide bonds. The Hall–Kier alpha value is -1.69. The number of oxazole rings is 1. The zero-order valence-electron chi connectivity index (χ0n) is 10.7. The summed E-state index contributed by atoms with van der Waals surface area (Å²) in [5.41, 5.74) is 7.64. The van der Waals surface area contributed by atoms with Gasteiger partial charge in [0.2, 0.25) is 0 Å². The molecule has 1 aromatic carbocycles. The lowest BCUT2D eigenvalue weighted by atomic mass is 10.3. The van der Waals surface area contributed by atoms with Crippen LogP contribution in [0.1, 0.15) is 19.8 Å². The first-order valence-corrected chi connectivity index (χ1v) is 7.12. The van der Waals surface area contributed by atoms with Crippen molar-refractivity contribution in [3.05, 3.63) is 18.2 Å². The van der Waals surface area contributed by atoms with Crippen LogP contribution in [0, 0.1) is 0 Å². The van der Waals surface area contributed by atoms with Crippen molar-refractivity contribution >= 4 is 34.5 Å². The van der Waals surface area contributed by atoms with E-state index in [1.165, 1.54) is 11.8 Å². The van der Waals surface area contributed by atoms with Crippen LogP contribution < -0.4 is 5.73 Å². The molecule has 0 saturated carbocycles. The Morgan fingerprint density at radius 2 is 2.37 bits per heavy atom. The number of benzene rings is 1.